The molecule has 2 aromatic rings. The first-order valence-electron chi connectivity index (χ1n) is 6.80. The highest BCUT2D eigenvalue weighted by molar-refractivity contribution is 6.00. The zero-order valence-corrected chi connectivity index (χ0v) is 11.6. The van der Waals surface area contributed by atoms with Crippen molar-refractivity contribution in [3.63, 3.8) is 0 Å². The van der Waals surface area contributed by atoms with Gasteiger partial charge in [0.25, 0.3) is 5.91 Å². The van der Waals surface area contributed by atoms with Crippen LogP contribution >= 0.6 is 0 Å². The number of anilines is 1. The minimum atomic E-state index is -0.784. The highest BCUT2D eigenvalue weighted by atomic mass is 16.5. The van der Waals surface area contributed by atoms with Crippen molar-refractivity contribution in [1.29, 1.82) is 0 Å². The molecule has 1 N–H and O–H groups in total. The highest BCUT2D eigenvalue weighted by Crippen LogP contribution is 2.21. The van der Waals surface area contributed by atoms with Gasteiger partial charge in [-0.15, -0.1) is 0 Å². The van der Waals surface area contributed by atoms with E-state index in [9.17, 15) is 9.59 Å². The Hall–Kier alpha value is -2.62. The van der Waals surface area contributed by atoms with Gasteiger partial charge in [-0.1, -0.05) is 30.3 Å². The number of nitrogens with one attached hydrogen (secondary N) is 1. The van der Waals surface area contributed by atoms with Crippen LogP contribution in [0.2, 0.25) is 0 Å². The van der Waals surface area contributed by atoms with Gasteiger partial charge in [0.1, 0.15) is 0 Å². The van der Waals surface area contributed by atoms with E-state index in [0.717, 1.165) is 11.1 Å². The van der Waals surface area contributed by atoms with Crippen molar-refractivity contribution in [1.82, 2.24) is 0 Å². The fourth-order valence-corrected chi connectivity index (χ4v) is 2.42. The van der Waals surface area contributed by atoms with E-state index in [-0.39, 0.29) is 5.91 Å². The van der Waals surface area contributed by atoms with Gasteiger partial charge in [0.2, 0.25) is 0 Å². The lowest BCUT2D eigenvalue weighted by atomic mass is 9.98. The number of hydrogen-bond donors (Lipinski definition) is 1. The molecule has 0 aromatic heterocycles. The third-order valence-corrected chi connectivity index (χ3v) is 3.47. The van der Waals surface area contributed by atoms with Crippen molar-refractivity contribution in [3.05, 3.63) is 65.2 Å². The van der Waals surface area contributed by atoms with Crippen molar-refractivity contribution in [2.45, 2.75) is 19.4 Å². The second kappa shape index (κ2) is 5.40. The second-order valence-corrected chi connectivity index (χ2v) is 5.11. The average molecular weight is 281 g/mol. The number of ether oxygens (including phenoxy) is 1. The summed E-state index contributed by atoms with van der Waals surface area (Å²) in [6.45, 7) is 1.95. The van der Waals surface area contributed by atoms with E-state index < -0.39 is 12.1 Å². The molecular formula is C17H15NO3. The third kappa shape index (κ3) is 2.79. The Kier molecular flexibility index (Phi) is 3.44. The fourth-order valence-electron chi connectivity index (χ4n) is 2.42. The monoisotopic (exact) mass is 281 g/mol. The van der Waals surface area contributed by atoms with Gasteiger partial charge in [-0.2, -0.15) is 0 Å². The first-order chi connectivity index (χ1) is 10.1. The second-order valence-electron chi connectivity index (χ2n) is 5.11. The highest BCUT2D eigenvalue weighted by Gasteiger charge is 2.30. The minimum Gasteiger partial charge on any atom is -0.448 e. The van der Waals surface area contributed by atoms with Crippen LogP contribution in [0.25, 0.3) is 0 Å². The average Bonchev–Trinajstić information content (AvgIpc) is 2.47. The number of carbonyl (C=O) groups excluding carboxylic acids is 2. The lowest BCUT2D eigenvalue weighted by molar-refractivity contribution is -0.125. The van der Waals surface area contributed by atoms with Gasteiger partial charge in [0.05, 0.1) is 5.56 Å². The molecule has 4 heteroatoms. The van der Waals surface area contributed by atoms with Crippen LogP contribution in [0.3, 0.4) is 0 Å². The molecule has 4 nitrogen and oxygen atoms in total. The Morgan fingerprint density at radius 2 is 2.00 bits per heavy atom. The van der Waals surface area contributed by atoms with E-state index in [4.69, 9.17) is 4.74 Å². The Bertz CT molecular complexity index is 709. The molecule has 1 amide bonds. The molecule has 0 aliphatic carbocycles. The predicted molar refractivity (Wildman–Crippen MR) is 79.2 cm³/mol. The van der Waals surface area contributed by atoms with Gasteiger partial charge < -0.3 is 10.1 Å². The number of aryl methyl sites for hydroxylation is 1. The van der Waals surface area contributed by atoms with E-state index in [1.165, 1.54) is 0 Å². The minimum absolute atomic E-state index is 0.302. The summed E-state index contributed by atoms with van der Waals surface area (Å²) in [5, 5.41) is 2.79. The summed E-state index contributed by atoms with van der Waals surface area (Å²) in [6, 6.07) is 14.7. The summed E-state index contributed by atoms with van der Waals surface area (Å²) in [5.41, 5.74) is 3.14. The van der Waals surface area contributed by atoms with Crippen molar-refractivity contribution >= 4 is 17.6 Å². The summed E-state index contributed by atoms with van der Waals surface area (Å²) in [5.74, 6) is -0.746. The van der Waals surface area contributed by atoms with Crippen LogP contribution in [-0.4, -0.2) is 18.0 Å². The zero-order chi connectivity index (χ0) is 14.8. The molecule has 0 spiro atoms. The largest absolute Gasteiger partial charge is 0.448 e. The van der Waals surface area contributed by atoms with E-state index in [1.807, 2.05) is 43.3 Å². The van der Waals surface area contributed by atoms with Gasteiger partial charge >= 0.3 is 5.97 Å². The molecule has 1 aliphatic heterocycles. The summed E-state index contributed by atoms with van der Waals surface area (Å²) in [7, 11) is 0. The lowest BCUT2D eigenvalue weighted by Crippen LogP contribution is -2.37. The smallest absolute Gasteiger partial charge is 0.339 e. The zero-order valence-electron chi connectivity index (χ0n) is 11.6. The molecule has 106 valence electrons. The van der Waals surface area contributed by atoms with Gasteiger partial charge in [-0.05, 0) is 36.2 Å². The van der Waals surface area contributed by atoms with E-state index in [2.05, 4.69) is 5.32 Å². The molecule has 0 saturated heterocycles. The normalized spacial score (nSPS) is 16.8. The molecule has 1 aliphatic rings. The molecule has 1 atom stereocenters. The summed E-state index contributed by atoms with van der Waals surface area (Å²) in [6.07, 6.45) is -0.382. The van der Waals surface area contributed by atoms with Gasteiger partial charge in [0.15, 0.2) is 6.10 Å². The number of esters is 1. The maximum atomic E-state index is 12.2. The maximum Gasteiger partial charge on any atom is 0.339 e. The molecule has 3 rings (SSSR count). The number of benzene rings is 2. The molecule has 0 saturated carbocycles. The number of cyclic esters (lactones) is 1. The SMILES string of the molecule is Cc1cccc(NC(=O)[C@H]2Cc3ccccc3C(=O)O2)c1. The molecule has 0 radical (unpaired) electrons. The number of amides is 1. The Labute approximate surface area is 122 Å². The molecular weight excluding hydrogens is 266 g/mol. The van der Waals surface area contributed by atoms with Crippen LogP contribution in [-0.2, 0) is 16.0 Å². The Morgan fingerprint density at radius 1 is 1.19 bits per heavy atom. The van der Waals surface area contributed by atoms with Crippen LogP contribution in [0.15, 0.2) is 48.5 Å². The molecule has 1 heterocycles. The van der Waals surface area contributed by atoms with Crippen LogP contribution in [0.1, 0.15) is 21.5 Å². The first-order valence-corrected chi connectivity index (χ1v) is 6.80. The van der Waals surface area contributed by atoms with Crippen LogP contribution < -0.4 is 5.32 Å². The van der Waals surface area contributed by atoms with Crippen LogP contribution in [0, 0.1) is 6.92 Å². The van der Waals surface area contributed by atoms with Crippen molar-refractivity contribution in [3.8, 4) is 0 Å². The predicted octanol–water partition coefficient (Wildman–Crippen LogP) is 2.72. The van der Waals surface area contributed by atoms with Gasteiger partial charge in [-0.25, -0.2) is 4.79 Å². The third-order valence-electron chi connectivity index (χ3n) is 3.47. The summed E-state index contributed by atoms with van der Waals surface area (Å²) >= 11 is 0. The lowest BCUT2D eigenvalue weighted by Gasteiger charge is -2.23. The topological polar surface area (TPSA) is 55.4 Å². The summed E-state index contributed by atoms with van der Waals surface area (Å²) < 4.78 is 5.23. The standard InChI is InChI=1S/C17H15NO3/c1-11-5-4-7-13(9-11)18-16(19)15-10-12-6-2-3-8-14(12)17(20)21-15/h2-9,15H,10H2,1H3,(H,18,19)/t15-/m1/s1. The summed E-state index contributed by atoms with van der Waals surface area (Å²) in [4.78, 5) is 24.2. The molecule has 2 aromatic carbocycles. The molecule has 0 bridgehead atoms. The first kappa shape index (κ1) is 13.4. The number of carbonyl (C=O) groups is 2. The molecule has 0 fully saturated rings. The van der Waals surface area contributed by atoms with Crippen LogP contribution in [0.5, 0.6) is 0 Å². The van der Waals surface area contributed by atoms with Gasteiger partial charge in [-0.3, -0.25) is 4.79 Å². The number of fused-ring (bicyclic) bond motifs is 1. The van der Waals surface area contributed by atoms with Crippen molar-refractivity contribution in [2.75, 3.05) is 5.32 Å². The van der Waals surface area contributed by atoms with Crippen molar-refractivity contribution < 1.29 is 14.3 Å². The van der Waals surface area contributed by atoms with E-state index in [0.29, 0.717) is 17.7 Å². The Balaban J connectivity index is 1.76. The number of rotatable bonds is 2. The maximum absolute atomic E-state index is 12.2. The van der Waals surface area contributed by atoms with Crippen molar-refractivity contribution in [2.24, 2.45) is 0 Å². The van der Waals surface area contributed by atoms with Crippen LogP contribution in [0.4, 0.5) is 5.69 Å². The van der Waals surface area contributed by atoms with E-state index >= 15 is 0 Å². The fraction of sp³-hybridized carbons (Fsp3) is 0.176. The quantitative estimate of drug-likeness (QED) is 0.861. The van der Waals surface area contributed by atoms with Gasteiger partial charge in [0, 0.05) is 12.1 Å². The molecule has 21 heavy (non-hydrogen) atoms. The molecule has 0 unspecified atom stereocenters. The number of hydrogen-bond acceptors (Lipinski definition) is 3. The Morgan fingerprint density at radius 3 is 2.81 bits per heavy atom. The van der Waals surface area contributed by atoms with E-state index in [1.54, 1.807) is 12.1 Å².